The molecule has 1 atom stereocenters. The largest absolute Gasteiger partial charge is 0.508 e. The van der Waals surface area contributed by atoms with Crippen molar-refractivity contribution in [1.29, 1.82) is 0 Å². The molecule has 1 aromatic carbocycles. The summed E-state index contributed by atoms with van der Waals surface area (Å²) in [6, 6.07) is 8.17. The van der Waals surface area contributed by atoms with E-state index in [4.69, 9.17) is 0 Å². The topological polar surface area (TPSA) is 91.8 Å². The van der Waals surface area contributed by atoms with Crippen LogP contribution in [0.4, 0.5) is 8.78 Å². The van der Waals surface area contributed by atoms with Gasteiger partial charge in [0.25, 0.3) is 0 Å². The number of nitrogens with zero attached hydrogens (tertiary/aromatic N) is 2. The van der Waals surface area contributed by atoms with E-state index in [0.717, 1.165) is 24.0 Å². The lowest BCUT2D eigenvalue weighted by molar-refractivity contribution is -0.141. The molecule has 2 aromatic rings. The smallest absolute Gasteiger partial charge is 0.388 e. The van der Waals surface area contributed by atoms with Gasteiger partial charge in [-0.25, -0.2) is 4.98 Å². The fraction of sp³-hybridized carbons (Fsp3) is 0.296. The summed E-state index contributed by atoms with van der Waals surface area (Å²) in [7, 11) is 0. The normalized spacial score (nSPS) is 14.1. The summed E-state index contributed by atoms with van der Waals surface area (Å²) in [4.78, 5) is 32.3. The average molecular weight is 498 g/mol. The van der Waals surface area contributed by atoms with E-state index in [-0.39, 0.29) is 36.5 Å². The Morgan fingerprint density at radius 1 is 1.19 bits per heavy atom. The molecule has 0 bridgehead atoms. The molecule has 0 spiro atoms. The van der Waals surface area contributed by atoms with Gasteiger partial charge in [-0.3, -0.25) is 9.59 Å². The first-order chi connectivity index (χ1) is 17.3. The third kappa shape index (κ3) is 7.49. The molecule has 7 nitrogen and oxygen atoms in total. The van der Waals surface area contributed by atoms with Gasteiger partial charge in [0.2, 0.25) is 17.7 Å². The minimum absolute atomic E-state index is 0.118. The molecule has 2 amide bonds. The number of phenolic OH excluding ortho intramolecular Hbond substituents is 1. The summed E-state index contributed by atoms with van der Waals surface area (Å²) in [6.45, 7) is 4.51. The molecule has 0 radical (unpaired) electrons. The predicted molar refractivity (Wildman–Crippen MR) is 131 cm³/mol. The number of ether oxygens (including phenoxy) is 1. The van der Waals surface area contributed by atoms with Crippen LogP contribution in [0.5, 0.6) is 11.6 Å². The summed E-state index contributed by atoms with van der Waals surface area (Å²) >= 11 is 0. The Kier molecular flexibility index (Phi) is 9.32. The van der Waals surface area contributed by atoms with Crippen LogP contribution in [-0.2, 0) is 16.0 Å². The van der Waals surface area contributed by atoms with Crippen LogP contribution >= 0.6 is 0 Å². The van der Waals surface area contributed by atoms with E-state index in [9.17, 15) is 23.5 Å². The number of pyridine rings is 1. The lowest BCUT2D eigenvalue weighted by Crippen LogP contribution is -2.45. The highest BCUT2D eigenvalue weighted by atomic mass is 19.3. The van der Waals surface area contributed by atoms with Crippen molar-refractivity contribution in [3.63, 3.8) is 0 Å². The van der Waals surface area contributed by atoms with Crippen LogP contribution < -0.4 is 10.1 Å². The second-order valence-electron chi connectivity index (χ2n) is 8.31. The first-order valence-corrected chi connectivity index (χ1v) is 11.5. The summed E-state index contributed by atoms with van der Waals surface area (Å²) in [6.07, 6.45) is 8.25. The fourth-order valence-corrected chi connectivity index (χ4v) is 3.74. The van der Waals surface area contributed by atoms with Gasteiger partial charge < -0.3 is 20.1 Å². The first kappa shape index (κ1) is 26.6. The molecule has 1 fully saturated rings. The number of hydrogen-bond acceptors (Lipinski definition) is 5. The fourth-order valence-electron chi connectivity index (χ4n) is 3.74. The number of benzene rings is 1. The number of aromatic hydroxyl groups is 1. The molecule has 1 unspecified atom stereocenters. The number of phenols is 1. The summed E-state index contributed by atoms with van der Waals surface area (Å²) in [5, 5.41) is 12.3. The van der Waals surface area contributed by atoms with Crippen LogP contribution in [0.25, 0.3) is 0 Å². The van der Waals surface area contributed by atoms with Crippen molar-refractivity contribution in [3.05, 3.63) is 90.7 Å². The van der Waals surface area contributed by atoms with Gasteiger partial charge in [-0.1, -0.05) is 43.5 Å². The summed E-state index contributed by atoms with van der Waals surface area (Å²) in [5.41, 5.74) is 1.98. The standard InChI is InChI=1S/C27H29F2N3O4/c1-3-5-18(4-2)16-31-26(35)25(20-9-14-23(30-17-20)36-27(28)29)32(21-10-11-21)24(34)15-8-19-6-12-22(33)13-7-19/h3-7,9,12-14,17,21,25,27,33H,1-2,8,10-11,15-16H2,(H,31,35)/b18-5+. The molecule has 3 rings (SSSR count). The van der Waals surface area contributed by atoms with Crippen LogP contribution in [0.3, 0.4) is 0 Å². The number of carbonyl (C=O) groups is 2. The van der Waals surface area contributed by atoms with E-state index in [2.05, 4.69) is 28.2 Å². The predicted octanol–water partition coefficient (Wildman–Crippen LogP) is 4.47. The van der Waals surface area contributed by atoms with Crippen LogP contribution in [-0.4, -0.2) is 46.0 Å². The molecule has 1 saturated carbocycles. The SMILES string of the molecule is C=C/C=C(\C=C)CNC(=O)C(c1ccc(OC(F)F)nc1)N(C(=O)CCc1ccc(O)cc1)C1CC1. The Balaban J connectivity index is 1.85. The number of carbonyl (C=O) groups excluding carboxylic acids is 2. The molecule has 9 heteroatoms. The minimum atomic E-state index is -3.03. The van der Waals surface area contributed by atoms with Gasteiger partial charge in [-0.15, -0.1) is 0 Å². The van der Waals surface area contributed by atoms with Crippen LogP contribution in [0.15, 0.2) is 79.6 Å². The van der Waals surface area contributed by atoms with E-state index < -0.39 is 18.6 Å². The second kappa shape index (κ2) is 12.6. The van der Waals surface area contributed by atoms with Gasteiger partial charge in [0, 0.05) is 36.8 Å². The number of halogens is 2. The Morgan fingerprint density at radius 3 is 2.47 bits per heavy atom. The Morgan fingerprint density at radius 2 is 1.92 bits per heavy atom. The third-order valence-electron chi connectivity index (χ3n) is 5.66. The van der Waals surface area contributed by atoms with Gasteiger partial charge >= 0.3 is 6.61 Å². The van der Waals surface area contributed by atoms with Crippen molar-refractivity contribution in [1.82, 2.24) is 15.2 Å². The zero-order valence-electron chi connectivity index (χ0n) is 19.8. The molecule has 0 saturated heterocycles. The zero-order chi connectivity index (χ0) is 26.1. The maximum absolute atomic E-state index is 13.4. The van der Waals surface area contributed by atoms with E-state index in [1.54, 1.807) is 47.4 Å². The Hall–Kier alpha value is -4.01. The number of nitrogens with one attached hydrogen (secondary N) is 1. The number of alkyl halides is 2. The molecular formula is C27H29F2N3O4. The Bertz CT molecular complexity index is 1100. The summed E-state index contributed by atoms with van der Waals surface area (Å²) in [5.74, 6) is -0.796. The number of amides is 2. The Labute approximate surface area is 208 Å². The maximum atomic E-state index is 13.4. The molecular weight excluding hydrogens is 468 g/mol. The highest BCUT2D eigenvalue weighted by molar-refractivity contribution is 5.89. The van der Waals surface area contributed by atoms with Gasteiger partial charge in [0.05, 0.1) is 0 Å². The lowest BCUT2D eigenvalue weighted by Gasteiger charge is -2.31. The van der Waals surface area contributed by atoms with E-state index in [1.807, 2.05) is 0 Å². The van der Waals surface area contributed by atoms with Gasteiger partial charge in [-0.2, -0.15) is 8.78 Å². The first-order valence-electron chi connectivity index (χ1n) is 11.5. The van der Waals surface area contributed by atoms with E-state index in [0.29, 0.717) is 12.0 Å². The number of rotatable bonds is 13. The lowest BCUT2D eigenvalue weighted by atomic mass is 10.0. The third-order valence-corrected chi connectivity index (χ3v) is 5.66. The molecule has 1 aliphatic rings. The molecule has 1 aromatic heterocycles. The maximum Gasteiger partial charge on any atom is 0.388 e. The van der Waals surface area contributed by atoms with Gasteiger partial charge in [0.1, 0.15) is 11.8 Å². The molecule has 2 N–H and O–H groups in total. The van der Waals surface area contributed by atoms with Gasteiger partial charge in [-0.05, 0) is 48.6 Å². The van der Waals surface area contributed by atoms with Crippen LogP contribution in [0, 0.1) is 0 Å². The van der Waals surface area contributed by atoms with E-state index >= 15 is 0 Å². The van der Waals surface area contributed by atoms with Crippen LogP contribution in [0.2, 0.25) is 0 Å². The highest BCUT2D eigenvalue weighted by Crippen LogP contribution is 2.36. The highest BCUT2D eigenvalue weighted by Gasteiger charge is 2.41. The minimum Gasteiger partial charge on any atom is -0.508 e. The quantitative estimate of drug-likeness (QED) is 0.399. The molecule has 1 heterocycles. The zero-order valence-corrected chi connectivity index (χ0v) is 19.8. The van der Waals surface area contributed by atoms with Crippen molar-refractivity contribution in [3.8, 4) is 11.6 Å². The van der Waals surface area contributed by atoms with E-state index in [1.165, 1.54) is 18.3 Å². The van der Waals surface area contributed by atoms with Crippen molar-refractivity contribution in [2.75, 3.05) is 6.54 Å². The van der Waals surface area contributed by atoms with Crippen molar-refractivity contribution in [2.45, 2.75) is 44.4 Å². The number of aryl methyl sites for hydroxylation is 1. The van der Waals surface area contributed by atoms with Crippen molar-refractivity contribution >= 4 is 11.8 Å². The average Bonchev–Trinajstić information content (AvgIpc) is 3.70. The van der Waals surface area contributed by atoms with Crippen molar-refractivity contribution in [2.24, 2.45) is 0 Å². The number of aromatic nitrogens is 1. The molecule has 1 aliphatic carbocycles. The molecule has 36 heavy (non-hydrogen) atoms. The second-order valence-corrected chi connectivity index (χ2v) is 8.31. The molecule has 190 valence electrons. The van der Waals surface area contributed by atoms with Crippen molar-refractivity contribution < 1.29 is 28.2 Å². The molecule has 0 aliphatic heterocycles. The monoisotopic (exact) mass is 497 g/mol. The number of hydrogen-bond donors (Lipinski definition) is 2. The summed E-state index contributed by atoms with van der Waals surface area (Å²) < 4.78 is 29.4. The van der Waals surface area contributed by atoms with Gasteiger partial charge in [0.15, 0.2) is 0 Å². The number of allylic oxidation sites excluding steroid dienone is 2. The van der Waals surface area contributed by atoms with Crippen LogP contribution in [0.1, 0.15) is 36.4 Å².